The number of aromatic nitrogens is 2. The number of amides is 1. The van der Waals surface area contributed by atoms with Crippen LogP contribution in [0.4, 0.5) is 5.69 Å². The van der Waals surface area contributed by atoms with Crippen LogP contribution >= 0.6 is 0 Å². The van der Waals surface area contributed by atoms with Gasteiger partial charge in [-0.25, -0.2) is 9.78 Å². The van der Waals surface area contributed by atoms with Crippen LogP contribution in [-0.2, 0) is 18.2 Å². The molecule has 7 heteroatoms. The topological polar surface area (TPSA) is 82.4 Å². The van der Waals surface area contributed by atoms with Gasteiger partial charge in [-0.1, -0.05) is 25.1 Å². The fourth-order valence-corrected chi connectivity index (χ4v) is 3.29. The van der Waals surface area contributed by atoms with E-state index in [1.54, 1.807) is 30.7 Å². The molecule has 2 heterocycles. The number of benzene rings is 1. The van der Waals surface area contributed by atoms with Gasteiger partial charge in [-0.3, -0.25) is 4.79 Å². The molecule has 0 aliphatic carbocycles. The minimum absolute atomic E-state index is 0.156. The average Bonchev–Trinajstić information content (AvgIpc) is 2.98. The molecule has 30 heavy (non-hydrogen) atoms. The maximum atomic E-state index is 12.7. The van der Waals surface area contributed by atoms with E-state index in [2.05, 4.69) is 5.32 Å². The summed E-state index contributed by atoms with van der Waals surface area (Å²) in [6.45, 7) is 7.76. The zero-order chi connectivity index (χ0) is 21.8. The number of esters is 1. The quantitative estimate of drug-likeness (QED) is 0.587. The lowest BCUT2D eigenvalue weighted by Gasteiger charge is -2.12. The Bertz CT molecular complexity index is 1070. The zero-order valence-corrected chi connectivity index (χ0v) is 18.0. The molecule has 0 aliphatic rings. The van der Waals surface area contributed by atoms with Crippen molar-refractivity contribution in [3.05, 3.63) is 53.3 Å². The van der Waals surface area contributed by atoms with Gasteiger partial charge in [-0.2, -0.15) is 0 Å². The fourth-order valence-electron chi connectivity index (χ4n) is 3.29. The van der Waals surface area contributed by atoms with Gasteiger partial charge in [0.1, 0.15) is 5.65 Å². The second kappa shape index (κ2) is 8.98. The first-order valence-electron chi connectivity index (χ1n) is 10.1. The number of hydrogen-bond acceptors (Lipinski definition) is 5. The largest absolute Gasteiger partial charge is 0.488 e. The number of nitrogens with zero attached hydrogens (tertiary/aromatic N) is 2. The standard InChI is InChI=1S/C23H27N3O4/c1-6-17-18(25-22(27)15-11-9-8-10-12-15)13-16-20(30-14(3)4)19(23(28)29-7-2)26(5)21(16)24-17/h8-14H,6-7H2,1-5H3,(H,25,27). The predicted octanol–water partition coefficient (Wildman–Crippen LogP) is 4.35. The second-order valence-corrected chi connectivity index (χ2v) is 7.15. The number of nitrogens with one attached hydrogen (secondary N) is 1. The molecule has 0 radical (unpaired) electrons. The molecule has 0 saturated heterocycles. The molecule has 0 bridgehead atoms. The van der Waals surface area contributed by atoms with Gasteiger partial charge in [-0.15, -0.1) is 0 Å². The summed E-state index contributed by atoms with van der Waals surface area (Å²) < 4.78 is 12.9. The number of hydrogen-bond donors (Lipinski definition) is 1. The molecule has 1 amide bonds. The average molecular weight is 409 g/mol. The molecule has 0 spiro atoms. The maximum Gasteiger partial charge on any atom is 0.358 e. The van der Waals surface area contributed by atoms with Crippen molar-refractivity contribution in [3.8, 4) is 5.75 Å². The van der Waals surface area contributed by atoms with E-state index >= 15 is 0 Å². The van der Waals surface area contributed by atoms with Gasteiger partial charge in [0.05, 0.1) is 29.5 Å². The first-order chi connectivity index (χ1) is 14.4. The summed E-state index contributed by atoms with van der Waals surface area (Å²) in [7, 11) is 1.76. The van der Waals surface area contributed by atoms with Crippen LogP contribution in [0, 0.1) is 0 Å². The summed E-state index contributed by atoms with van der Waals surface area (Å²) in [5.74, 6) is -0.285. The van der Waals surface area contributed by atoms with Crippen LogP contribution in [0.5, 0.6) is 5.75 Å². The van der Waals surface area contributed by atoms with Gasteiger partial charge >= 0.3 is 5.97 Å². The van der Waals surface area contributed by atoms with Crippen molar-refractivity contribution in [2.24, 2.45) is 7.05 Å². The van der Waals surface area contributed by atoms with Gasteiger partial charge in [0.25, 0.3) is 5.91 Å². The lowest BCUT2D eigenvalue weighted by molar-refractivity contribution is 0.0509. The van der Waals surface area contributed by atoms with Gasteiger partial charge in [0.2, 0.25) is 0 Å². The number of rotatable bonds is 7. The van der Waals surface area contributed by atoms with E-state index in [9.17, 15) is 9.59 Å². The Balaban J connectivity index is 2.15. The monoisotopic (exact) mass is 409 g/mol. The Hall–Kier alpha value is -3.35. The van der Waals surface area contributed by atoms with Gasteiger partial charge in [-0.05, 0) is 45.4 Å². The van der Waals surface area contributed by atoms with E-state index in [1.807, 2.05) is 45.0 Å². The zero-order valence-electron chi connectivity index (χ0n) is 18.0. The molecule has 0 aliphatic heterocycles. The number of aryl methyl sites for hydroxylation is 2. The molecular weight excluding hydrogens is 382 g/mol. The first kappa shape index (κ1) is 21.4. The summed E-state index contributed by atoms with van der Waals surface area (Å²) in [5, 5.41) is 3.60. The van der Waals surface area contributed by atoms with Crippen molar-refractivity contribution >= 4 is 28.6 Å². The molecule has 158 valence electrons. The van der Waals surface area contributed by atoms with Crippen LogP contribution < -0.4 is 10.1 Å². The van der Waals surface area contributed by atoms with Crippen molar-refractivity contribution in [1.82, 2.24) is 9.55 Å². The van der Waals surface area contributed by atoms with Crippen molar-refractivity contribution in [2.75, 3.05) is 11.9 Å². The normalized spacial score (nSPS) is 11.0. The number of carbonyl (C=O) groups is 2. The highest BCUT2D eigenvalue weighted by atomic mass is 16.5. The van der Waals surface area contributed by atoms with E-state index in [-0.39, 0.29) is 18.6 Å². The van der Waals surface area contributed by atoms with Gasteiger partial charge in [0.15, 0.2) is 11.4 Å². The summed E-state index contributed by atoms with van der Waals surface area (Å²) in [4.78, 5) is 30.0. The number of carbonyl (C=O) groups excluding carboxylic acids is 2. The summed E-state index contributed by atoms with van der Waals surface area (Å²) in [6.07, 6.45) is 0.456. The highest BCUT2D eigenvalue weighted by Gasteiger charge is 2.26. The summed E-state index contributed by atoms with van der Waals surface area (Å²) >= 11 is 0. The van der Waals surface area contributed by atoms with Crippen molar-refractivity contribution < 1.29 is 19.1 Å². The number of pyridine rings is 1. The Kier molecular flexibility index (Phi) is 6.40. The Morgan fingerprint density at radius 1 is 1.17 bits per heavy atom. The van der Waals surface area contributed by atoms with Crippen LogP contribution in [0.15, 0.2) is 36.4 Å². The number of fused-ring (bicyclic) bond motifs is 1. The number of anilines is 1. The van der Waals surface area contributed by atoms with Gasteiger partial charge < -0.3 is 19.4 Å². The minimum Gasteiger partial charge on any atom is -0.488 e. The molecule has 1 N–H and O–H groups in total. The summed E-state index contributed by atoms with van der Waals surface area (Å²) in [5.41, 5.74) is 2.77. The van der Waals surface area contributed by atoms with Crippen LogP contribution in [0.3, 0.4) is 0 Å². The van der Waals surface area contributed by atoms with E-state index in [1.165, 1.54) is 0 Å². The third kappa shape index (κ3) is 4.15. The molecule has 3 rings (SSSR count). The predicted molar refractivity (Wildman–Crippen MR) is 116 cm³/mol. The Morgan fingerprint density at radius 2 is 1.87 bits per heavy atom. The maximum absolute atomic E-state index is 12.7. The fraction of sp³-hybridized carbons (Fsp3) is 0.348. The van der Waals surface area contributed by atoms with Gasteiger partial charge in [0, 0.05) is 12.6 Å². The van der Waals surface area contributed by atoms with Crippen LogP contribution in [0.2, 0.25) is 0 Å². The van der Waals surface area contributed by atoms with E-state index in [0.717, 1.165) is 5.69 Å². The van der Waals surface area contributed by atoms with E-state index < -0.39 is 5.97 Å². The van der Waals surface area contributed by atoms with Crippen molar-refractivity contribution in [2.45, 2.75) is 40.2 Å². The lowest BCUT2D eigenvalue weighted by Crippen LogP contribution is -2.14. The third-order valence-electron chi connectivity index (χ3n) is 4.64. The van der Waals surface area contributed by atoms with Crippen LogP contribution in [0.25, 0.3) is 11.0 Å². The molecule has 2 aromatic heterocycles. The van der Waals surface area contributed by atoms with E-state index in [4.69, 9.17) is 14.5 Å². The Morgan fingerprint density at radius 3 is 2.47 bits per heavy atom. The molecule has 1 aromatic carbocycles. The highest BCUT2D eigenvalue weighted by Crippen LogP contribution is 2.36. The molecule has 0 unspecified atom stereocenters. The third-order valence-corrected chi connectivity index (χ3v) is 4.64. The summed E-state index contributed by atoms with van der Waals surface area (Å²) in [6, 6.07) is 10.8. The van der Waals surface area contributed by atoms with E-state index in [0.29, 0.717) is 40.1 Å². The molecular formula is C23H27N3O4. The first-order valence-corrected chi connectivity index (χ1v) is 10.1. The molecule has 0 atom stereocenters. The minimum atomic E-state index is -0.471. The number of ether oxygens (including phenoxy) is 2. The van der Waals surface area contributed by atoms with Crippen molar-refractivity contribution in [3.63, 3.8) is 0 Å². The van der Waals surface area contributed by atoms with Crippen molar-refractivity contribution in [1.29, 1.82) is 0 Å². The lowest BCUT2D eigenvalue weighted by atomic mass is 10.1. The molecule has 0 fully saturated rings. The Labute approximate surface area is 176 Å². The van der Waals surface area contributed by atoms with Crippen LogP contribution in [-0.4, -0.2) is 34.1 Å². The highest BCUT2D eigenvalue weighted by molar-refractivity contribution is 6.07. The van der Waals surface area contributed by atoms with Crippen LogP contribution in [0.1, 0.15) is 54.2 Å². The molecule has 0 saturated carbocycles. The second-order valence-electron chi connectivity index (χ2n) is 7.15. The SMILES string of the molecule is CCOC(=O)c1c(OC(C)C)c2cc(NC(=O)c3ccccc3)c(CC)nc2n1C. The smallest absolute Gasteiger partial charge is 0.358 e. The molecule has 7 nitrogen and oxygen atoms in total. The molecule has 3 aromatic rings.